The van der Waals surface area contributed by atoms with Crippen LogP contribution in [0.5, 0.6) is 0 Å². The van der Waals surface area contributed by atoms with Crippen molar-refractivity contribution in [3.63, 3.8) is 0 Å². The molecule has 0 saturated heterocycles. The fourth-order valence-electron chi connectivity index (χ4n) is 0.989. The van der Waals surface area contributed by atoms with Crippen LogP contribution in [0.1, 0.15) is 31.4 Å². The maximum atomic E-state index is 6.03. The largest absolute Gasteiger partial charge is 0.373 e. The fraction of sp³-hybridized carbons (Fsp3) is 0.417. The quantitative estimate of drug-likeness (QED) is 0.820. The molecule has 0 radical (unpaired) electrons. The summed E-state index contributed by atoms with van der Waals surface area (Å²) in [5.41, 5.74) is 1.82. The second-order valence-electron chi connectivity index (χ2n) is 3.18. The number of aryl methyl sites for hydroxylation is 1. The Morgan fingerprint density at radius 2 is 2.07 bits per heavy atom. The Balaban J connectivity index is 0.000000583. The summed E-state index contributed by atoms with van der Waals surface area (Å²) in [5, 5.41) is 3.66. The highest BCUT2D eigenvalue weighted by atomic mass is 35.5. The second kappa shape index (κ2) is 7.30. The second-order valence-corrected chi connectivity index (χ2v) is 3.56. The Hall–Kier alpha value is -1.02. The zero-order chi connectivity index (χ0) is 11.8. The van der Waals surface area contributed by atoms with E-state index in [0.29, 0.717) is 5.02 Å². The summed E-state index contributed by atoms with van der Waals surface area (Å²) in [7, 11) is 1.81. The van der Waals surface area contributed by atoms with Crippen molar-refractivity contribution in [1.82, 2.24) is 4.98 Å². The van der Waals surface area contributed by atoms with E-state index in [1.54, 1.807) is 19.3 Å². The van der Waals surface area contributed by atoms with Gasteiger partial charge in [0.25, 0.3) is 0 Å². The lowest BCUT2D eigenvalue weighted by molar-refractivity contribution is 1.09. The molecule has 3 heteroatoms. The third-order valence-corrected chi connectivity index (χ3v) is 2.17. The van der Waals surface area contributed by atoms with Gasteiger partial charge >= 0.3 is 0 Å². The molecular formula is C12H19ClN2. The Morgan fingerprint density at radius 1 is 1.53 bits per heavy atom. The highest BCUT2D eigenvalue weighted by Crippen LogP contribution is 2.25. The number of hydrogen-bond donors (Lipinski definition) is 1. The molecule has 1 aromatic heterocycles. The summed E-state index contributed by atoms with van der Waals surface area (Å²) in [4.78, 5) is 4.16. The zero-order valence-electron chi connectivity index (χ0n) is 9.89. The van der Waals surface area contributed by atoms with Gasteiger partial charge in [0.2, 0.25) is 0 Å². The molecule has 1 N–H and O–H groups in total. The van der Waals surface area contributed by atoms with E-state index in [1.807, 2.05) is 6.92 Å². The van der Waals surface area contributed by atoms with E-state index in [4.69, 9.17) is 11.6 Å². The lowest BCUT2D eigenvalue weighted by Crippen LogP contribution is -1.96. The number of nitrogens with one attached hydrogen (secondary N) is 1. The van der Waals surface area contributed by atoms with Crippen molar-refractivity contribution in [3.8, 4) is 0 Å². The van der Waals surface area contributed by atoms with Crippen LogP contribution in [0.15, 0.2) is 12.8 Å². The lowest BCUT2D eigenvalue weighted by atomic mass is 10.2. The SMILES string of the molecule is C=Cc1c(NC)ncc(C)c1Cl.CCC. The number of halogens is 1. The summed E-state index contributed by atoms with van der Waals surface area (Å²) in [6.45, 7) is 9.85. The van der Waals surface area contributed by atoms with Crippen LogP contribution in [0.25, 0.3) is 6.08 Å². The highest BCUT2D eigenvalue weighted by molar-refractivity contribution is 6.33. The predicted octanol–water partition coefficient (Wildman–Crippen LogP) is 4.14. The van der Waals surface area contributed by atoms with Gasteiger partial charge in [-0.1, -0.05) is 44.5 Å². The van der Waals surface area contributed by atoms with Crippen molar-refractivity contribution < 1.29 is 0 Å². The average Bonchev–Trinajstić information content (AvgIpc) is 2.23. The molecule has 0 atom stereocenters. The van der Waals surface area contributed by atoms with E-state index in [-0.39, 0.29) is 0 Å². The van der Waals surface area contributed by atoms with Crippen molar-refractivity contribution >= 4 is 23.5 Å². The molecule has 0 aromatic carbocycles. The Morgan fingerprint density at radius 3 is 2.47 bits per heavy atom. The first-order valence-electron chi connectivity index (χ1n) is 5.07. The van der Waals surface area contributed by atoms with Gasteiger partial charge in [-0.25, -0.2) is 4.98 Å². The van der Waals surface area contributed by atoms with E-state index in [0.717, 1.165) is 16.9 Å². The molecule has 0 aliphatic carbocycles. The maximum Gasteiger partial charge on any atom is 0.134 e. The van der Waals surface area contributed by atoms with Gasteiger partial charge in [-0.15, -0.1) is 0 Å². The van der Waals surface area contributed by atoms with E-state index in [9.17, 15) is 0 Å². The van der Waals surface area contributed by atoms with Crippen LogP contribution in [0.2, 0.25) is 5.02 Å². The minimum absolute atomic E-state index is 0.712. The summed E-state index contributed by atoms with van der Waals surface area (Å²) < 4.78 is 0. The molecule has 0 unspecified atom stereocenters. The van der Waals surface area contributed by atoms with Crippen LogP contribution in [0, 0.1) is 6.92 Å². The van der Waals surface area contributed by atoms with Crippen LogP contribution in [0.3, 0.4) is 0 Å². The predicted molar refractivity (Wildman–Crippen MR) is 69.6 cm³/mol. The summed E-state index contributed by atoms with van der Waals surface area (Å²) in [6.07, 6.45) is 4.69. The van der Waals surface area contributed by atoms with Crippen molar-refractivity contribution in [3.05, 3.63) is 28.9 Å². The molecule has 0 amide bonds. The van der Waals surface area contributed by atoms with Gasteiger partial charge in [0.05, 0.1) is 5.02 Å². The van der Waals surface area contributed by atoms with Gasteiger partial charge in [0, 0.05) is 18.8 Å². The van der Waals surface area contributed by atoms with Crippen molar-refractivity contribution in [2.24, 2.45) is 0 Å². The summed E-state index contributed by atoms with van der Waals surface area (Å²) in [5.74, 6) is 0.764. The molecule has 0 bridgehead atoms. The molecule has 0 aliphatic heterocycles. The fourth-order valence-corrected chi connectivity index (χ4v) is 1.20. The Bertz CT molecular complexity index is 322. The smallest absolute Gasteiger partial charge is 0.134 e. The van der Waals surface area contributed by atoms with Crippen molar-refractivity contribution in [1.29, 1.82) is 0 Å². The first-order valence-corrected chi connectivity index (χ1v) is 5.45. The topological polar surface area (TPSA) is 24.9 Å². The van der Waals surface area contributed by atoms with Crippen LogP contribution in [-0.4, -0.2) is 12.0 Å². The van der Waals surface area contributed by atoms with Crippen molar-refractivity contribution in [2.45, 2.75) is 27.2 Å². The van der Waals surface area contributed by atoms with E-state index >= 15 is 0 Å². The van der Waals surface area contributed by atoms with Crippen LogP contribution in [0.4, 0.5) is 5.82 Å². The number of nitrogens with zero attached hydrogens (tertiary/aromatic N) is 1. The van der Waals surface area contributed by atoms with Crippen molar-refractivity contribution in [2.75, 3.05) is 12.4 Å². The molecule has 2 nitrogen and oxygen atoms in total. The molecule has 0 fully saturated rings. The van der Waals surface area contributed by atoms with Gasteiger partial charge in [0.1, 0.15) is 5.82 Å². The van der Waals surface area contributed by atoms with Crippen LogP contribution in [-0.2, 0) is 0 Å². The van der Waals surface area contributed by atoms with E-state index in [2.05, 4.69) is 30.7 Å². The van der Waals surface area contributed by atoms with Crippen LogP contribution >= 0.6 is 11.6 Å². The molecule has 0 aliphatic rings. The Kier molecular flexibility index (Phi) is 6.80. The molecule has 15 heavy (non-hydrogen) atoms. The third kappa shape index (κ3) is 3.92. The normalized spacial score (nSPS) is 8.87. The molecule has 1 rings (SSSR count). The molecule has 84 valence electrons. The third-order valence-electron chi connectivity index (χ3n) is 1.67. The minimum atomic E-state index is 0.712. The zero-order valence-corrected chi connectivity index (χ0v) is 10.7. The first-order chi connectivity index (χ1) is 7.12. The summed E-state index contributed by atoms with van der Waals surface area (Å²) in [6, 6.07) is 0. The van der Waals surface area contributed by atoms with Gasteiger partial charge < -0.3 is 5.32 Å². The monoisotopic (exact) mass is 226 g/mol. The number of hydrogen-bond acceptors (Lipinski definition) is 2. The molecule has 0 saturated carbocycles. The maximum absolute atomic E-state index is 6.03. The molecule has 0 spiro atoms. The standard InChI is InChI=1S/C9H11ClN2.C3H8/c1-4-7-8(10)6(2)5-12-9(7)11-3;1-3-2/h4-5H,1H2,2-3H3,(H,11,12);3H2,1-2H3. The molecular weight excluding hydrogens is 208 g/mol. The van der Waals surface area contributed by atoms with Gasteiger partial charge in [-0.3, -0.25) is 0 Å². The number of pyridine rings is 1. The first kappa shape index (κ1) is 14.0. The number of anilines is 1. The highest BCUT2D eigenvalue weighted by Gasteiger charge is 2.05. The molecule has 1 aromatic rings. The van der Waals surface area contributed by atoms with Gasteiger partial charge in [-0.05, 0) is 12.5 Å². The minimum Gasteiger partial charge on any atom is -0.373 e. The van der Waals surface area contributed by atoms with Gasteiger partial charge in [0.15, 0.2) is 0 Å². The number of aromatic nitrogens is 1. The molecule has 1 heterocycles. The summed E-state index contributed by atoms with van der Waals surface area (Å²) >= 11 is 6.03. The van der Waals surface area contributed by atoms with Crippen LogP contribution < -0.4 is 5.32 Å². The number of rotatable bonds is 2. The average molecular weight is 227 g/mol. The Labute approximate surface area is 97.4 Å². The van der Waals surface area contributed by atoms with E-state index < -0.39 is 0 Å². The lowest BCUT2D eigenvalue weighted by Gasteiger charge is -2.07. The van der Waals surface area contributed by atoms with E-state index in [1.165, 1.54) is 6.42 Å². The van der Waals surface area contributed by atoms with Gasteiger partial charge in [-0.2, -0.15) is 0 Å².